The molecule has 0 atom stereocenters. The molecule has 3 nitrogen and oxygen atoms in total. The second kappa shape index (κ2) is 6.08. The van der Waals surface area contributed by atoms with E-state index in [1.165, 1.54) is 18.2 Å². The van der Waals surface area contributed by atoms with E-state index in [-0.39, 0.29) is 17.2 Å². The Morgan fingerprint density at radius 3 is 2.05 bits per heavy atom. The van der Waals surface area contributed by atoms with E-state index in [1.54, 1.807) is 0 Å². The van der Waals surface area contributed by atoms with E-state index in [0.717, 1.165) is 24.3 Å². The van der Waals surface area contributed by atoms with Crippen molar-refractivity contribution >= 4 is 5.69 Å². The van der Waals surface area contributed by atoms with E-state index >= 15 is 0 Å². The van der Waals surface area contributed by atoms with Crippen LogP contribution in [0.5, 0.6) is 17.2 Å². The first-order valence-electron chi connectivity index (χ1n) is 5.95. The molecule has 0 bridgehead atoms. The summed E-state index contributed by atoms with van der Waals surface area (Å²) in [6, 6.07) is 7.85. The monoisotopic (exact) mass is 319 g/mol. The van der Waals surface area contributed by atoms with Crippen LogP contribution >= 0.6 is 0 Å². The first-order valence-corrected chi connectivity index (χ1v) is 5.95. The number of nitrogens with two attached hydrogens (primary N) is 1. The highest BCUT2D eigenvalue weighted by molar-refractivity contribution is 5.50. The van der Waals surface area contributed by atoms with Crippen LogP contribution in [0.4, 0.5) is 27.6 Å². The number of alkyl halides is 5. The lowest BCUT2D eigenvalue weighted by Gasteiger charge is -2.14. The molecular formula is C14H10F5NO2. The molecule has 118 valence electrons. The molecule has 2 rings (SSSR count). The molecule has 0 aliphatic rings. The zero-order valence-corrected chi connectivity index (χ0v) is 10.9. The normalized spacial score (nSPS) is 11.5. The van der Waals surface area contributed by atoms with Crippen LogP contribution in [0, 0.1) is 0 Å². The Morgan fingerprint density at radius 2 is 1.50 bits per heavy atom. The zero-order chi connectivity index (χ0) is 16.3. The summed E-state index contributed by atoms with van der Waals surface area (Å²) in [5, 5.41) is 0. The van der Waals surface area contributed by atoms with E-state index in [2.05, 4.69) is 4.74 Å². The van der Waals surface area contributed by atoms with Crippen molar-refractivity contribution in [2.75, 3.05) is 5.73 Å². The summed E-state index contributed by atoms with van der Waals surface area (Å²) in [7, 11) is 0. The summed E-state index contributed by atoms with van der Waals surface area (Å²) in [6.45, 7) is -2.99. The van der Waals surface area contributed by atoms with Crippen LogP contribution in [-0.4, -0.2) is 6.61 Å². The van der Waals surface area contributed by atoms with Crippen LogP contribution in [0.15, 0.2) is 42.5 Å². The molecule has 0 heterocycles. The summed E-state index contributed by atoms with van der Waals surface area (Å²) >= 11 is 0. The topological polar surface area (TPSA) is 44.5 Å². The highest BCUT2D eigenvalue weighted by atomic mass is 19.4. The molecular weight excluding hydrogens is 309 g/mol. The van der Waals surface area contributed by atoms with Gasteiger partial charge in [0.05, 0.1) is 0 Å². The standard InChI is InChI=1S/C14H10F5NO2/c15-13(16)22-10-4-2-9(3-5-10)21-12-6-1-8(20)7-11(12)14(17,18)19/h1-7,13H,20H2. The minimum atomic E-state index is -4.64. The van der Waals surface area contributed by atoms with E-state index in [9.17, 15) is 22.0 Å². The number of benzene rings is 2. The molecule has 0 unspecified atom stereocenters. The van der Waals surface area contributed by atoms with Gasteiger partial charge in [0.2, 0.25) is 0 Å². The fourth-order valence-corrected chi connectivity index (χ4v) is 1.67. The Hall–Kier alpha value is -2.51. The van der Waals surface area contributed by atoms with Crippen LogP contribution in [0.1, 0.15) is 5.56 Å². The van der Waals surface area contributed by atoms with Gasteiger partial charge in [0.25, 0.3) is 0 Å². The molecule has 0 aliphatic heterocycles. The maximum Gasteiger partial charge on any atom is 0.420 e. The third-order valence-corrected chi connectivity index (χ3v) is 2.59. The predicted molar refractivity (Wildman–Crippen MR) is 69.0 cm³/mol. The third-order valence-electron chi connectivity index (χ3n) is 2.59. The van der Waals surface area contributed by atoms with Gasteiger partial charge in [-0.2, -0.15) is 22.0 Å². The van der Waals surface area contributed by atoms with Gasteiger partial charge in [0.15, 0.2) is 0 Å². The molecule has 0 aliphatic carbocycles. The fraction of sp³-hybridized carbons (Fsp3) is 0.143. The number of hydrogen-bond acceptors (Lipinski definition) is 3. The van der Waals surface area contributed by atoms with Crippen molar-refractivity contribution in [2.24, 2.45) is 0 Å². The van der Waals surface area contributed by atoms with Crippen molar-refractivity contribution < 1.29 is 31.4 Å². The number of hydrogen-bond donors (Lipinski definition) is 1. The molecule has 0 amide bonds. The molecule has 0 saturated heterocycles. The SMILES string of the molecule is Nc1ccc(Oc2ccc(OC(F)F)cc2)c(C(F)(F)F)c1. The second-order valence-corrected chi connectivity index (χ2v) is 4.21. The lowest BCUT2D eigenvalue weighted by atomic mass is 10.1. The Labute approximate surface area is 122 Å². The Kier molecular flexibility index (Phi) is 4.39. The molecule has 0 aromatic heterocycles. The van der Waals surface area contributed by atoms with Gasteiger partial charge in [-0.1, -0.05) is 0 Å². The summed E-state index contributed by atoms with van der Waals surface area (Å²) in [5.41, 5.74) is 4.26. The Bertz CT molecular complexity index is 641. The van der Waals surface area contributed by atoms with Crippen molar-refractivity contribution in [1.82, 2.24) is 0 Å². The summed E-state index contributed by atoms with van der Waals surface area (Å²) < 4.78 is 72.0. The Balaban J connectivity index is 2.24. The zero-order valence-electron chi connectivity index (χ0n) is 10.9. The molecule has 8 heteroatoms. The van der Waals surface area contributed by atoms with Gasteiger partial charge in [0.1, 0.15) is 22.8 Å². The number of halogens is 5. The molecule has 0 saturated carbocycles. The van der Waals surface area contributed by atoms with Crippen molar-refractivity contribution in [3.63, 3.8) is 0 Å². The van der Waals surface area contributed by atoms with E-state index in [0.29, 0.717) is 0 Å². The van der Waals surface area contributed by atoms with Crippen LogP contribution in [0.3, 0.4) is 0 Å². The maximum atomic E-state index is 12.9. The van der Waals surface area contributed by atoms with Crippen molar-refractivity contribution in [1.29, 1.82) is 0 Å². The number of nitrogen functional groups attached to an aromatic ring is 1. The van der Waals surface area contributed by atoms with Crippen molar-refractivity contribution in [3.05, 3.63) is 48.0 Å². The van der Waals surface area contributed by atoms with Crippen molar-refractivity contribution in [2.45, 2.75) is 12.8 Å². The van der Waals surface area contributed by atoms with Gasteiger partial charge < -0.3 is 15.2 Å². The number of rotatable bonds is 4. The van der Waals surface area contributed by atoms with Gasteiger partial charge >= 0.3 is 12.8 Å². The second-order valence-electron chi connectivity index (χ2n) is 4.21. The van der Waals surface area contributed by atoms with Gasteiger partial charge in [-0.25, -0.2) is 0 Å². The first-order chi connectivity index (χ1) is 10.3. The fourth-order valence-electron chi connectivity index (χ4n) is 1.67. The number of anilines is 1. The lowest BCUT2D eigenvalue weighted by Crippen LogP contribution is -2.08. The van der Waals surface area contributed by atoms with E-state index in [1.807, 2.05) is 0 Å². The Morgan fingerprint density at radius 1 is 0.909 bits per heavy atom. The summed E-state index contributed by atoms with van der Waals surface area (Å²) in [4.78, 5) is 0. The smallest absolute Gasteiger partial charge is 0.420 e. The third kappa shape index (κ3) is 4.00. The molecule has 2 aromatic rings. The molecule has 22 heavy (non-hydrogen) atoms. The summed E-state index contributed by atoms with van der Waals surface area (Å²) in [5.74, 6) is -0.531. The number of ether oxygens (including phenoxy) is 2. The van der Waals surface area contributed by atoms with Gasteiger partial charge in [-0.15, -0.1) is 0 Å². The van der Waals surface area contributed by atoms with Crippen molar-refractivity contribution in [3.8, 4) is 17.2 Å². The molecule has 0 radical (unpaired) electrons. The quantitative estimate of drug-likeness (QED) is 0.657. The minimum absolute atomic E-state index is 0.0388. The minimum Gasteiger partial charge on any atom is -0.457 e. The average molecular weight is 319 g/mol. The lowest BCUT2D eigenvalue weighted by molar-refractivity contribution is -0.138. The predicted octanol–water partition coefficient (Wildman–Crippen LogP) is 4.68. The molecule has 2 aromatic carbocycles. The largest absolute Gasteiger partial charge is 0.457 e. The highest BCUT2D eigenvalue weighted by Gasteiger charge is 2.34. The van der Waals surface area contributed by atoms with Gasteiger partial charge in [0, 0.05) is 5.69 Å². The first kappa shape index (κ1) is 15.9. The van der Waals surface area contributed by atoms with Gasteiger partial charge in [-0.3, -0.25) is 0 Å². The van der Waals surface area contributed by atoms with Gasteiger partial charge in [-0.05, 0) is 42.5 Å². The molecule has 0 spiro atoms. The van der Waals surface area contributed by atoms with Crippen LogP contribution < -0.4 is 15.2 Å². The molecule has 0 fully saturated rings. The van der Waals surface area contributed by atoms with E-state index in [4.69, 9.17) is 10.5 Å². The van der Waals surface area contributed by atoms with Crippen LogP contribution in [0.25, 0.3) is 0 Å². The van der Waals surface area contributed by atoms with Crippen LogP contribution in [0.2, 0.25) is 0 Å². The molecule has 2 N–H and O–H groups in total. The maximum absolute atomic E-state index is 12.9. The summed E-state index contributed by atoms with van der Waals surface area (Å²) in [6.07, 6.45) is -4.64. The average Bonchev–Trinajstić information content (AvgIpc) is 2.41. The van der Waals surface area contributed by atoms with E-state index < -0.39 is 24.1 Å². The highest BCUT2D eigenvalue weighted by Crippen LogP contribution is 2.39. The van der Waals surface area contributed by atoms with Crippen LogP contribution in [-0.2, 0) is 6.18 Å².